The van der Waals surface area contributed by atoms with E-state index in [-0.39, 0.29) is 6.42 Å². The number of aliphatic carboxylic acids is 1. The number of para-hydroxylation sites is 1. The van der Waals surface area contributed by atoms with Gasteiger partial charge in [-0.1, -0.05) is 37.1 Å². The summed E-state index contributed by atoms with van der Waals surface area (Å²) in [6.45, 7) is 0.525. The lowest BCUT2D eigenvalue weighted by Crippen LogP contribution is -1.99. The molecule has 0 aliphatic heterocycles. The highest BCUT2D eigenvalue weighted by Gasteiger charge is 2.05. The fourth-order valence-corrected chi connectivity index (χ4v) is 3.04. The Morgan fingerprint density at radius 1 is 1.08 bits per heavy atom. The van der Waals surface area contributed by atoms with Crippen molar-refractivity contribution in [3.05, 3.63) is 59.8 Å². The highest BCUT2D eigenvalue weighted by Crippen LogP contribution is 2.22. The Kier molecular flexibility index (Phi) is 6.25. The highest BCUT2D eigenvalue weighted by molar-refractivity contribution is 5.78. The van der Waals surface area contributed by atoms with E-state index in [9.17, 15) is 4.79 Å². The third-order valence-corrected chi connectivity index (χ3v) is 4.46. The molecule has 0 spiro atoms. The van der Waals surface area contributed by atoms with Gasteiger partial charge in [0.15, 0.2) is 0 Å². The maximum absolute atomic E-state index is 10.5. The van der Waals surface area contributed by atoms with Crippen LogP contribution in [0.4, 0.5) is 0 Å². The molecule has 136 valence electrons. The summed E-state index contributed by atoms with van der Waals surface area (Å²) in [4.78, 5) is 10.5. The normalized spacial score (nSPS) is 10.9. The number of hydrogen-bond donors (Lipinski definition) is 2. The van der Waals surface area contributed by atoms with Gasteiger partial charge < -0.3 is 9.84 Å². The summed E-state index contributed by atoms with van der Waals surface area (Å²) >= 11 is 0. The molecular formula is C21H24N2O3. The van der Waals surface area contributed by atoms with Crippen LogP contribution >= 0.6 is 0 Å². The summed E-state index contributed by atoms with van der Waals surface area (Å²) in [5.41, 5.74) is 3.34. The summed E-state index contributed by atoms with van der Waals surface area (Å²) in [7, 11) is 0. The number of aromatic nitrogens is 2. The summed E-state index contributed by atoms with van der Waals surface area (Å²) in [6, 6.07) is 14.3. The number of nitrogens with one attached hydrogen (secondary N) is 1. The van der Waals surface area contributed by atoms with Gasteiger partial charge in [0.2, 0.25) is 0 Å². The van der Waals surface area contributed by atoms with E-state index in [4.69, 9.17) is 9.84 Å². The van der Waals surface area contributed by atoms with Crippen LogP contribution in [0.1, 0.15) is 43.2 Å². The minimum atomic E-state index is -0.711. The summed E-state index contributed by atoms with van der Waals surface area (Å²) in [5, 5.41) is 16.7. The van der Waals surface area contributed by atoms with Gasteiger partial charge in [0.1, 0.15) is 12.4 Å². The smallest absolute Gasteiger partial charge is 0.303 e. The summed E-state index contributed by atoms with van der Waals surface area (Å²) in [6.07, 6.45) is 6.83. The zero-order valence-corrected chi connectivity index (χ0v) is 14.8. The van der Waals surface area contributed by atoms with Crippen molar-refractivity contribution in [1.82, 2.24) is 10.2 Å². The van der Waals surface area contributed by atoms with Crippen molar-refractivity contribution in [2.75, 3.05) is 0 Å². The predicted octanol–water partition coefficient (Wildman–Crippen LogP) is 4.72. The lowest BCUT2D eigenvalue weighted by molar-refractivity contribution is -0.137. The number of carbonyl (C=O) groups is 1. The second kappa shape index (κ2) is 9.04. The molecule has 1 aromatic heterocycles. The Bertz CT molecular complexity index is 857. The summed E-state index contributed by atoms with van der Waals surface area (Å²) in [5.74, 6) is 0.211. The van der Waals surface area contributed by atoms with Gasteiger partial charge in [0.25, 0.3) is 0 Å². The van der Waals surface area contributed by atoms with E-state index >= 15 is 0 Å². The third-order valence-electron chi connectivity index (χ3n) is 4.46. The molecule has 0 aliphatic rings. The van der Waals surface area contributed by atoms with Crippen LogP contribution in [0.5, 0.6) is 5.75 Å². The monoisotopic (exact) mass is 352 g/mol. The molecule has 26 heavy (non-hydrogen) atoms. The molecule has 3 rings (SSSR count). The molecule has 5 nitrogen and oxygen atoms in total. The number of hydrogen-bond acceptors (Lipinski definition) is 3. The Morgan fingerprint density at radius 2 is 1.92 bits per heavy atom. The highest BCUT2D eigenvalue weighted by atomic mass is 16.5. The quantitative estimate of drug-likeness (QED) is 0.518. The van der Waals surface area contributed by atoms with Crippen molar-refractivity contribution in [2.24, 2.45) is 0 Å². The minimum Gasteiger partial charge on any atom is -0.489 e. The van der Waals surface area contributed by atoms with Crippen LogP contribution in [-0.4, -0.2) is 21.3 Å². The van der Waals surface area contributed by atoms with Crippen molar-refractivity contribution in [3.63, 3.8) is 0 Å². The number of benzene rings is 2. The second-order valence-corrected chi connectivity index (χ2v) is 6.50. The predicted molar refractivity (Wildman–Crippen MR) is 101 cm³/mol. The first-order valence-corrected chi connectivity index (χ1v) is 9.07. The van der Waals surface area contributed by atoms with E-state index in [1.165, 1.54) is 5.56 Å². The Hall–Kier alpha value is -2.82. The zero-order chi connectivity index (χ0) is 18.2. The van der Waals surface area contributed by atoms with E-state index in [0.29, 0.717) is 6.61 Å². The maximum Gasteiger partial charge on any atom is 0.303 e. The van der Waals surface area contributed by atoms with Crippen LogP contribution in [0, 0.1) is 0 Å². The molecule has 0 radical (unpaired) electrons. The molecule has 0 unspecified atom stereocenters. The fraction of sp³-hybridized carbons (Fsp3) is 0.333. The second-order valence-electron chi connectivity index (χ2n) is 6.50. The molecule has 1 heterocycles. The molecule has 0 atom stereocenters. The molecule has 0 amide bonds. The third kappa shape index (κ3) is 5.09. The van der Waals surface area contributed by atoms with Gasteiger partial charge in [-0.05, 0) is 48.6 Å². The lowest BCUT2D eigenvalue weighted by atomic mass is 10.0. The van der Waals surface area contributed by atoms with Crippen LogP contribution in [0.25, 0.3) is 10.9 Å². The van der Waals surface area contributed by atoms with Crippen LogP contribution in [-0.2, 0) is 17.8 Å². The van der Waals surface area contributed by atoms with E-state index in [1.807, 2.05) is 36.5 Å². The molecule has 2 aromatic carbocycles. The largest absolute Gasteiger partial charge is 0.489 e. The molecule has 3 aromatic rings. The number of rotatable bonds is 10. The number of nitrogens with zero attached hydrogens (tertiary/aromatic N) is 1. The Morgan fingerprint density at radius 3 is 2.81 bits per heavy atom. The number of H-pyrrole nitrogens is 1. The Labute approximate surface area is 153 Å². The van der Waals surface area contributed by atoms with Crippen LogP contribution in [0.15, 0.2) is 48.7 Å². The van der Waals surface area contributed by atoms with Gasteiger partial charge in [-0.2, -0.15) is 5.10 Å². The van der Waals surface area contributed by atoms with Crippen LogP contribution < -0.4 is 4.74 Å². The molecule has 0 saturated carbocycles. The molecule has 0 fully saturated rings. The van der Waals surface area contributed by atoms with Crippen molar-refractivity contribution in [2.45, 2.75) is 45.1 Å². The van der Waals surface area contributed by atoms with Crippen molar-refractivity contribution in [3.8, 4) is 5.75 Å². The van der Waals surface area contributed by atoms with Gasteiger partial charge >= 0.3 is 5.97 Å². The number of unbranched alkanes of at least 4 members (excludes halogenated alkanes) is 3. The number of ether oxygens (including phenoxy) is 1. The van der Waals surface area contributed by atoms with E-state index in [2.05, 4.69) is 22.3 Å². The van der Waals surface area contributed by atoms with Gasteiger partial charge in [-0.15, -0.1) is 0 Å². The lowest BCUT2D eigenvalue weighted by Gasteiger charge is -2.11. The molecule has 5 heteroatoms. The first-order chi connectivity index (χ1) is 12.7. The summed E-state index contributed by atoms with van der Waals surface area (Å²) < 4.78 is 6.05. The molecule has 0 bridgehead atoms. The number of fused-ring (bicyclic) bond motifs is 1. The number of aryl methyl sites for hydroxylation is 1. The van der Waals surface area contributed by atoms with Crippen LogP contribution in [0.3, 0.4) is 0 Å². The van der Waals surface area contributed by atoms with Crippen molar-refractivity contribution >= 4 is 16.9 Å². The SMILES string of the molecule is O=C(O)CCCCCCc1ccccc1OCc1ccc2[nH]ncc2c1. The van der Waals surface area contributed by atoms with Gasteiger partial charge in [0, 0.05) is 11.8 Å². The first-order valence-electron chi connectivity index (χ1n) is 9.07. The standard InChI is InChI=1S/C21H24N2O3/c24-21(25)10-4-2-1-3-7-17-8-5-6-9-20(17)26-15-16-11-12-19-18(13-16)14-22-23-19/h5-6,8-9,11-14H,1-4,7,10,15H2,(H,22,23)(H,24,25). The number of carboxylic acids is 1. The van der Waals surface area contributed by atoms with Gasteiger partial charge in [-0.25, -0.2) is 0 Å². The topological polar surface area (TPSA) is 75.2 Å². The van der Waals surface area contributed by atoms with Gasteiger partial charge in [-0.3, -0.25) is 9.89 Å². The molecule has 0 aliphatic carbocycles. The van der Waals surface area contributed by atoms with Crippen molar-refractivity contribution < 1.29 is 14.6 Å². The minimum absolute atomic E-state index is 0.265. The van der Waals surface area contributed by atoms with Crippen LogP contribution in [0.2, 0.25) is 0 Å². The number of carboxylic acid groups (broad SMARTS) is 1. The van der Waals surface area contributed by atoms with E-state index in [1.54, 1.807) is 0 Å². The van der Waals surface area contributed by atoms with Gasteiger partial charge in [0.05, 0.1) is 11.7 Å². The van der Waals surface area contributed by atoms with E-state index in [0.717, 1.165) is 54.3 Å². The number of aromatic amines is 1. The fourth-order valence-electron chi connectivity index (χ4n) is 3.04. The van der Waals surface area contributed by atoms with E-state index < -0.39 is 5.97 Å². The van der Waals surface area contributed by atoms with Crippen molar-refractivity contribution in [1.29, 1.82) is 0 Å². The molecule has 0 saturated heterocycles. The maximum atomic E-state index is 10.5. The molecule has 2 N–H and O–H groups in total. The first kappa shape index (κ1) is 18.0. The zero-order valence-electron chi connectivity index (χ0n) is 14.8. The average Bonchev–Trinajstić information content (AvgIpc) is 3.11. The molecular weight excluding hydrogens is 328 g/mol. The Balaban J connectivity index is 1.51. The average molecular weight is 352 g/mol.